The zero-order chi connectivity index (χ0) is 13.2. The van der Waals surface area contributed by atoms with Crippen LogP contribution in [0, 0.1) is 11.8 Å². The Bertz CT molecular complexity index is 400. The van der Waals surface area contributed by atoms with E-state index in [1.54, 1.807) is 0 Å². The highest BCUT2D eigenvalue weighted by molar-refractivity contribution is 5.25. The average molecular weight is 258 g/mol. The van der Waals surface area contributed by atoms with Crippen molar-refractivity contribution in [2.75, 3.05) is 26.2 Å². The molecular formula is C17H26N2. The highest BCUT2D eigenvalue weighted by atomic mass is 15.2. The monoisotopic (exact) mass is 258 g/mol. The van der Waals surface area contributed by atoms with Gasteiger partial charge in [0.05, 0.1) is 0 Å². The maximum atomic E-state index is 3.53. The van der Waals surface area contributed by atoms with Crippen LogP contribution in [0.15, 0.2) is 24.3 Å². The summed E-state index contributed by atoms with van der Waals surface area (Å²) in [5.41, 5.74) is 2.95. The fraction of sp³-hybridized carbons (Fsp3) is 0.647. The minimum Gasteiger partial charge on any atom is -0.316 e. The van der Waals surface area contributed by atoms with E-state index in [9.17, 15) is 0 Å². The van der Waals surface area contributed by atoms with Gasteiger partial charge in [-0.05, 0) is 48.9 Å². The summed E-state index contributed by atoms with van der Waals surface area (Å²) in [6.45, 7) is 9.57. The van der Waals surface area contributed by atoms with E-state index < -0.39 is 0 Å². The number of hydrogen-bond donors (Lipinski definition) is 1. The summed E-state index contributed by atoms with van der Waals surface area (Å²) in [6.07, 6.45) is 2.36. The van der Waals surface area contributed by atoms with Crippen LogP contribution in [-0.2, 0) is 6.42 Å². The molecule has 104 valence electrons. The molecule has 1 unspecified atom stereocenters. The number of nitrogens with one attached hydrogen (secondary N) is 1. The molecule has 0 radical (unpaired) electrons. The molecule has 0 bridgehead atoms. The third-order valence-electron chi connectivity index (χ3n) is 5.02. The van der Waals surface area contributed by atoms with Crippen LogP contribution in [0.4, 0.5) is 0 Å². The van der Waals surface area contributed by atoms with E-state index in [2.05, 4.69) is 48.3 Å². The molecule has 2 nitrogen and oxygen atoms in total. The molecule has 0 amide bonds. The Morgan fingerprint density at radius 1 is 1.11 bits per heavy atom. The van der Waals surface area contributed by atoms with E-state index in [-0.39, 0.29) is 0 Å². The standard InChI is InChI=1S/C17H26N2/c1-3-13-5-7-14(8-6-13)17(4-2)19-11-15-9-18-10-16(15)12-19/h5-8,15-18H,3-4,9-12H2,1-2H3/t15-,16+,17?. The number of hydrogen-bond acceptors (Lipinski definition) is 2. The van der Waals surface area contributed by atoms with Crippen molar-refractivity contribution in [3.8, 4) is 0 Å². The van der Waals surface area contributed by atoms with Gasteiger partial charge in [-0.2, -0.15) is 0 Å². The van der Waals surface area contributed by atoms with Gasteiger partial charge in [0.1, 0.15) is 0 Å². The van der Waals surface area contributed by atoms with Gasteiger partial charge in [-0.1, -0.05) is 38.1 Å². The van der Waals surface area contributed by atoms with Crippen molar-refractivity contribution in [1.29, 1.82) is 0 Å². The predicted molar refractivity (Wildman–Crippen MR) is 80.3 cm³/mol. The molecule has 3 rings (SSSR count). The topological polar surface area (TPSA) is 15.3 Å². The van der Waals surface area contributed by atoms with Gasteiger partial charge in [0.25, 0.3) is 0 Å². The number of rotatable bonds is 4. The lowest BCUT2D eigenvalue weighted by Crippen LogP contribution is -2.29. The Labute approximate surface area is 117 Å². The summed E-state index contributed by atoms with van der Waals surface area (Å²) in [6, 6.07) is 9.92. The molecule has 2 aliphatic heterocycles. The van der Waals surface area contributed by atoms with Gasteiger partial charge in [0, 0.05) is 19.1 Å². The van der Waals surface area contributed by atoms with Crippen molar-refractivity contribution in [2.45, 2.75) is 32.7 Å². The Morgan fingerprint density at radius 2 is 1.74 bits per heavy atom. The maximum absolute atomic E-state index is 3.53. The van der Waals surface area contributed by atoms with Crippen molar-refractivity contribution in [3.63, 3.8) is 0 Å². The summed E-state index contributed by atoms with van der Waals surface area (Å²) in [5, 5.41) is 3.53. The van der Waals surface area contributed by atoms with Crippen LogP contribution < -0.4 is 5.32 Å². The Morgan fingerprint density at radius 3 is 2.26 bits per heavy atom. The molecule has 2 fully saturated rings. The average Bonchev–Trinajstić information content (AvgIpc) is 3.02. The van der Waals surface area contributed by atoms with Crippen LogP contribution in [0.2, 0.25) is 0 Å². The third kappa shape index (κ3) is 2.56. The van der Waals surface area contributed by atoms with E-state index in [1.807, 2.05) is 0 Å². The van der Waals surface area contributed by atoms with Gasteiger partial charge >= 0.3 is 0 Å². The molecule has 2 heteroatoms. The van der Waals surface area contributed by atoms with Gasteiger partial charge in [-0.15, -0.1) is 0 Å². The first-order valence-electron chi connectivity index (χ1n) is 7.85. The number of likely N-dealkylation sites (tertiary alicyclic amines) is 1. The van der Waals surface area contributed by atoms with Crippen LogP contribution in [0.5, 0.6) is 0 Å². The molecule has 2 heterocycles. The van der Waals surface area contributed by atoms with Crippen LogP contribution in [0.3, 0.4) is 0 Å². The second-order valence-electron chi connectivity index (χ2n) is 6.15. The molecule has 1 N–H and O–H groups in total. The second-order valence-corrected chi connectivity index (χ2v) is 6.15. The van der Waals surface area contributed by atoms with E-state index >= 15 is 0 Å². The first-order valence-corrected chi connectivity index (χ1v) is 7.85. The maximum Gasteiger partial charge on any atom is 0.0345 e. The smallest absolute Gasteiger partial charge is 0.0345 e. The van der Waals surface area contributed by atoms with Crippen LogP contribution in [0.1, 0.15) is 37.4 Å². The SMILES string of the molecule is CCc1ccc(C(CC)N2C[C@H]3CNC[C@H]3C2)cc1. The largest absolute Gasteiger partial charge is 0.316 e. The number of aryl methyl sites for hydroxylation is 1. The molecule has 2 aliphatic rings. The van der Waals surface area contributed by atoms with E-state index in [0.29, 0.717) is 6.04 Å². The minimum absolute atomic E-state index is 0.622. The molecule has 1 aromatic carbocycles. The highest BCUT2D eigenvalue weighted by Gasteiger charge is 2.38. The fourth-order valence-corrected chi connectivity index (χ4v) is 3.83. The number of fused-ring (bicyclic) bond motifs is 1. The van der Waals surface area contributed by atoms with Gasteiger partial charge in [-0.3, -0.25) is 4.90 Å². The van der Waals surface area contributed by atoms with Crippen LogP contribution >= 0.6 is 0 Å². The lowest BCUT2D eigenvalue weighted by Gasteiger charge is -2.28. The molecule has 19 heavy (non-hydrogen) atoms. The molecular weight excluding hydrogens is 232 g/mol. The van der Waals surface area contributed by atoms with Crippen molar-refractivity contribution in [3.05, 3.63) is 35.4 Å². The second kappa shape index (κ2) is 5.64. The van der Waals surface area contributed by atoms with Crippen molar-refractivity contribution in [1.82, 2.24) is 10.2 Å². The molecule has 0 saturated carbocycles. The minimum atomic E-state index is 0.622. The van der Waals surface area contributed by atoms with Crippen molar-refractivity contribution < 1.29 is 0 Å². The molecule has 0 aromatic heterocycles. The predicted octanol–water partition coefficient (Wildman–Crippen LogP) is 2.85. The third-order valence-corrected chi connectivity index (χ3v) is 5.02. The number of benzene rings is 1. The summed E-state index contributed by atoms with van der Waals surface area (Å²) in [4.78, 5) is 2.72. The van der Waals surface area contributed by atoms with Crippen LogP contribution in [-0.4, -0.2) is 31.1 Å². The molecule has 0 aliphatic carbocycles. The molecule has 0 spiro atoms. The normalized spacial score (nSPS) is 28.5. The zero-order valence-corrected chi connectivity index (χ0v) is 12.2. The van der Waals surface area contributed by atoms with Crippen LogP contribution in [0.25, 0.3) is 0 Å². The van der Waals surface area contributed by atoms with Crippen molar-refractivity contribution >= 4 is 0 Å². The van der Waals surface area contributed by atoms with E-state index in [0.717, 1.165) is 18.3 Å². The highest BCUT2D eigenvalue weighted by Crippen LogP contribution is 2.34. The summed E-state index contributed by atoms with van der Waals surface area (Å²) >= 11 is 0. The van der Waals surface area contributed by atoms with E-state index in [1.165, 1.54) is 43.7 Å². The first-order chi connectivity index (χ1) is 9.31. The van der Waals surface area contributed by atoms with Crippen molar-refractivity contribution in [2.24, 2.45) is 11.8 Å². The summed E-state index contributed by atoms with van der Waals surface area (Å²) in [7, 11) is 0. The first kappa shape index (κ1) is 13.1. The summed E-state index contributed by atoms with van der Waals surface area (Å²) < 4.78 is 0. The van der Waals surface area contributed by atoms with E-state index in [4.69, 9.17) is 0 Å². The van der Waals surface area contributed by atoms with Gasteiger partial charge in [-0.25, -0.2) is 0 Å². The fourth-order valence-electron chi connectivity index (χ4n) is 3.83. The van der Waals surface area contributed by atoms with Gasteiger partial charge < -0.3 is 5.32 Å². The lowest BCUT2D eigenvalue weighted by molar-refractivity contribution is 0.222. The molecule has 2 saturated heterocycles. The summed E-state index contributed by atoms with van der Waals surface area (Å²) in [5.74, 6) is 1.79. The molecule has 1 aromatic rings. The Hall–Kier alpha value is -0.860. The Balaban J connectivity index is 1.73. The molecule has 3 atom stereocenters. The number of nitrogens with zero attached hydrogens (tertiary/aromatic N) is 1. The van der Waals surface area contributed by atoms with Gasteiger partial charge in [0.15, 0.2) is 0 Å². The van der Waals surface area contributed by atoms with Gasteiger partial charge in [0.2, 0.25) is 0 Å². The quantitative estimate of drug-likeness (QED) is 0.893. The Kier molecular flexibility index (Phi) is 3.90. The zero-order valence-electron chi connectivity index (χ0n) is 12.2. The lowest BCUT2D eigenvalue weighted by atomic mass is 10.0.